The number of nitrogens with zero attached hydrogens (tertiary/aromatic N) is 6. The number of aromatic amines is 1. The van der Waals surface area contributed by atoms with Gasteiger partial charge in [0.2, 0.25) is 0 Å². The first-order chi connectivity index (χ1) is 20.9. The molecule has 7 rings (SSSR count). The second-order valence-corrected chi connectivity index (χ2v) is 12.9. The molecule has 234 valence electrons. The number of phosphoric acid groups is 2. The van der Waals surface area contributed by atoms with E-state index in [9.17, 15) is 28.8 Å². The number of aromatic nitrogens is 7. The number of nitrogens with one attached hydrogen (secondary N) is 1. The number of imidazole rings is 2. The van der Waals surface area contributed by atoms with Crippen LogP contribution in [0.5, 0.6) is 0 Å². The molecule has 3 aliphatic rings. The Kier molecular flexibility index (Phi) is 7.07. The van der Waals surface area contributed by atoms with Gasteiger partial charge >= 0.3 is 15.6 Å². The summed E-state index contributed by atoms with van der Waals surface area (Å²) in [7, 11) is -9.93. The van der Waals surface area contributed by atoms with E-state index in [4.69, 9.17) is 33.3 Å². The lowest BCUT2D eigenvalue weighted by Crippen LogP contribution is -2.36. The summed E-state index contributed by atoms with van der Waals surface area (Å²) < 4.78 is 62.0. The minimum absolute atomic E-state index is 0.0362. The maximum Gasteiger partial charge on any atom is 0.473 e. The van der Waals surface area contributed by atoms with E-state index >= 15 is 0 Å². The predicted octanol–water partition coefficient (Wildman–Crippen LogP) is -0.123. The van der Waals surface area contributed by atoms with E-state index in [0.717, 1.165) is 6.33 Å². The first-order valence-electron chi connectivity index (χ1n) is 12.9. The van der Waals surface area contributed by atoms with E-state index in [1.54, 1.807) is 0 Å². The van der Waals surface area contributed by atoms with Crippen molar-refractivity contribution in [3.63, 3.8) is 0 Å². The summed E-state index contributed by atoms with van der Waals surface area (Å²) in [5.74, 6) is 0. The van der Waals surface area contributed by atoms with Crippen molar-refractivity contribution >= 4 is 43.7 Å². The third kappa shape index (κ3) is 4.99. The molecule has 0 spiro atoms. The maximum absolute atomic E-state index is 13.2. The van der Waals surface area contributed by atoms with Gasteiger partial charge in [-0.15, -0.1) is 0 Å². The zero-order valence-electron chi connectivity index (χ0n) is 22.2. The van der Waals surface area contributed by atoms with Crippen LogP contribution in [0.1, 0.15) is 12.5 Å². The van der Waals surface area contributed by atoms with Crippen molar-refractivity contribution in [2.75, 3.05) is 18.9 Å². The van der Waals surface area contributed by atoms with Crippen molar-refractivity contribution < 1.29 is 51.6 Å². The van der Waals surface area contributed by atoms with Crippen LogP contribution in [0, 0.1) is 0 Å². The molecule has 4 aromatic heterocycles. The molecule has 0 radical (unpaired) electrons. The molecular weight excluding hydrogens is 630 g/mol. The molecule has 0 saturated carbocycles. The Bertz CT molecular complexity index is 1930. The van der Waals surface area contributed by atoms with E-state index in [0.29, 0.717) is 11.2 Å². The summed E-state index contributed by atoms with van der Waals surface area (Å²) in [6.07, 6.45) is -4.78. The van der Waals surface area contributed by atoms with Gasteiger partial charge < -0.3 is 35.1 Å². The number of phosphoric ester groups is 2. The Morgan fingerprint density at radius 3 is 2.43 bits per heavy atom. The highest BCUT2D eigenvalue weighted by molar-refractivity contribution is 7.47. The van der Waals surface area contributed by atoms with Crippen LogP contribution in [0.3, 0.4) is 0 Å². The number of nitrogen functional groups attached to an aromatic ring is 1. The lowest BCUT2D eigenvalue weighted by atomic mass is 10.1. The molecule has 4 aromatic rings. The van der Waals surface area contributed by atoms with Gasteiger partial charge in [-0.05, 0) is 11.6 Å². The number of hydrogen-bond donors (Lipinski definition) is 5. The predicted molar refractivity (Wildman–Crippen MR) is 144 cm³/mol. The normalized spacial score (nSPS) is 36.6. The number of hydrogen-bond acceptors (Lipinski definition) is 15. The van der Waals surface area contributed by atoms with Crippen LogP contribution in [0.4, 0.5) is 5.69 Å². The van der Waals surface area contributed by atoms with Crippen molar-refractivity contribution in [1.29, 1.82) is 0 Å². The number of pyridine rings is 1. The van der Waals surface area contributed by atoms with Crippen LogP contribution in [-0.4, -0.2) is 92.7 Å². The van der Waals surface area contributed by atoms with Crippen molar-refractivity contribution in [1.82, 2.24) is 34.1 Å². The average molecular weight is 654 g/mol. The van der Waals surface area contributed by atoms with Gasteiger partial charge in [-0.25, -0.2) is 29.1 Å². The number of aliphatic hydroxyl groups excluding tert-OH is 1. The fourth-order valence-electron chi connectivity index (χ4n) is 5.26. The summed E-state index contributed by atoms with van der Waals surface area (Å²) >= 11 is 0. The van der Waals surface area contributed by atoms with Crippen molar-refractivity contribution in [2.24, 2.45) is 0 Å². The Morgan fingerprint density at radius 1 is 0.955 bits per heavy atom. The lowest BCUT2D eigenvalue weighted by Gasteiger charge is -2.25. The van der Waals surface area contributed by atoms with Crippen molar-refractivity contribution in [3.05, 3.63) is 53.8 Å². The van der Waals surface area contributed by atoms with E-state index in [-0.39, 0.29) is 22.4 Å². The molecule has 3 fully saturated rings. The molecule has 7 heterocycles. The Hall–Kier alpha value is -3.39. The van der Waals surface area contributed by atoms with Gasteiger partial charge in [0.1, 0.15) is 36.0 Å². The lowest BCUT2D eigenvalue weighted by molar-refractivity contribution is -0.0670. The topological polar surface area (TPSA) is 271 Å². The van der Waals surface area contributed by atoms with Gasteiger partial charge in [0.25, 0.3) is 5.56 Å². The number of H-pyrrole nitrogens is 1. The Labute approximate surface area is 245 Å². The van der Waals surface area contributed by atoms with E-state index in [1.807, 2.05) is 0 Å². The van der Waals surface area contributed by atoms with Crippen molar-refractivity contribution in [3.8, 4) is 0 Å². The summed E-state index contributed by atoms with van der Waals surface area (Å²) in [5, 5.41) is 11.2. The first-order valence-corrected chi connectivity index (χ1v) is 15.9. The van der Waals surface area contributed by atoms with E-state index in [1.165, 1.54) is 34.1 Å². The average Bonchev–Trinajstić information content (AvgIpc) is 3.73. The molecule has 44 heavy (non-hydrogen) atoms. The monoisotopic (exact) mass is 654 g/mol. The molecule has 3 saturated heterocycles. The smallest absolute Gasteiger partial charge is 0.397 e. The van der Waals surface area contributed by atoms with Gasteiger partial charge in [0.15, 0.2) is 29.3 Å². The third-order valence-corrected chi connectivity index (χ3v) is 9.30. The fourth-order valence-corrected chi connectivity index (χ4v) is 7.14. The molecule has 3 aliphatic heterocycles. The molecule has 0 aromatic carbocycles. The number of rotatable bonds is 2. The zero-order chi connectivity index (χ0) is 31.0. The minimum atomic E-state index is -4.97. The molecule has 2 unspecified atom stereocenters. The highest BCUT2D eigenvalue weighted by Gasteiger charge is 2.52. The maximum atomic E-state index is 13.2. The molecule has 2 bridgehead atoms. The van der Waals surface area contributed by atoms with Crippen LogP contribution < -0.4 is 11.3 Å². The molecule has 0 amide bonds. The van der Waals surface area contributed by atoms with Crippen molar-refractivity contribution in [2.45, 2.75) is 43.0 Å². The second kappa shape index (κ2) is 10.6. The largest absolute Gasteiger partial charge is 0.473 e. The van der Waals surface area contributed by atoms with Gasteiger partial charge in [-0.3, -0.25) is 32.0 Å². The van der Waals surface area contributed by atoms with Crippen LogP contribution in [0.15, 0.2) is 48.2 Å². The summed E-state index contributed by atoms with van der Waals surface area (Å²) in [6.45, 7) is 2.47. The molecule has 6 N–H and O–H groups in total. The van der Waals surface area contributed by atoms with Crippen LogP contribution in [-0.2, 0) is 36.7 Å². The molecular formula is C22H24N8O12P2. The standard InChI is InChI=1S/C22H24N8O12P2/c1-9-11-4-37-44(35,36)42-17-12(40-21(15(17)31)29-7-27-13-10(23)2-3-24-18(13)29)5-38-43(33,34)41-16(9)22(39-11)30-8-28-14-19(30)25-6-26-20(14)32/h2-3,6-8,11-12,15-17,21-22,31H,1,4-5H2,(H2,23,24)(H,33,34)(H,35,36)(H,25,26,32)/t11-,12-,15-,16-,17-,21-,22-/m1/s1. The molecule has 9 atom stereocenters. The molecule has 22 heteroatoms. The zero-order valence-corrected chi connectivity index (χ0v) is 24.0. The highest BCUT2D eigenvalue weighted by atomic mass is 31.2. The highest BCUT2D eigenvalue weighted by Crippen LogP contribution is 2.54. The number of aliphatic hydroxyl groups is 1. The fraction of sp³-hybridized carbons (Fsp3) is 0.409. The third-order valence-electron chi connectivity index (χ3n) is 7.35. The van der Waals surface area contributed by atoms with Crippen LogP contribution >= 0.6 is 15.6 Å². The number of fused-ring (bicyclic) bond motifs is 5. The Morgan fingerprint density at radius 2 is 1.64 bits per heavy atom. The quantitative estimate of drug-likeness (QED) is 0.139. The number of nitrogens with two attached hydrogens (primary N) is 1. The van der Waals surface area contributed by atoms with E-state index in [2.05, 4.69) is 31.5 Å². The minimum Gasteiger partial charge on any atom is -0.397 e. The van der Waals surface area contributed by atoms with Gasteiger partial charge in [0.05, 0.1) is 37.9 Å². The number of anilines is 1. The van der Waals surface area contributed by atoms with Crippen LogP contribution in [0.2, 0.25) is 0 Å². The van der Waals surface area contributed by atoms with Gasteiger partial charge in [-0.2, -0.15) is 0 Å². The second-order valence-electron chi connectivity index (χ2n) is 10.1. The molecule has 20 nitrogen and oxygen atoms in total. The van der Waals surface area contributed by atoms with E-state index < -0.39 is 77.4 Å². The van der Waals surface area contributed by atoms with Crippen LogP contribution in [0.25, 0.3) is 22.3 Å². The number of ether oxygens (including phenoxy) is 2. The SMILES string of the molecule is C=C1[C@H]2OP(=O)(O)OC[C@H]3O[C@@H](n4cnc5c(N)ccnc54)[C@H](O)[C@@H]3OP(=O)(O)OC[C@H]1O[C@H]2n1cnc2c(=O)[nH]cnc21. The van der Waals surface area contributed by atoms with Gasteiger partial charge in [0, 0.05) is 6.20 Å². The Balaban J connectivity index is 1.21. The van der Waals surface area contributed by atoms with Gasteiger partial charge in [-0.1, -0.05) is 6.58 Å². The summed E-state index contributed by atoms with van der Waals surface area (Å²) in [5.41, 5.74) is 6.29. The summed E-state index contributed by atoms with van der Waals surface area (Å²) in [4.78, 5) is 52.4. The summed E-state index contributed by atoms with van der Waals surface area (Å²) in [6, 6.07) is 1.53. The molecule has 0 aliphatic carbocycles. The first kappa shape index (κ1) is 29.3.